The highest BCUT2D eigenvalue weighted by Crippen LogP contribution is 2.20. The molecule has 7 nitrogen and oxygen atoms in total. The summed E-state index contributed by atoms with van der Waals surface area (Å²) in [7, 11) is 0. The second-order valence-corrected chi connectivity index (χ2v) is 3.36. The van der Waals surface area contributed by atoms with Crippen molar-refractivity contribution in [1.29, 1.82) is 0 Å². The summed E-state index contributed by atoms with van der Waals surface area (Å²) >= 11 is 0. The van der Waals surface area contributed by atoms with Crippen molar-refractivity contribution in [2.24, 2.45) is 0 Å². The van der Waals surface area contributed by atoms with Gasteiger partial charge >= 0.3 is 0 Å². The fourth-order valence-corrected chi connectivity index (χ4v) is 1.69. The number of nitrogens with zero attached hydrogens (tertiary/aromatic N) is 4. The molecule has 2 aromatic heterocycles. The van der Waals surface area contributed by atoms with Gasteiger partial charge in [-0.15, -0.1) is 0 Å². The van der Waals surface area contributed by atoms with Crippen molar-refractivity contribution < 1.29 is 4.79 Å². The van der Waals surface area contributed by atoms with Crippen LogP contribution < -0.4 is 11.1 Å². The molecular formula is C9H8N6O. The van der Waals surface area contributed by atoms with Crippen molar-refractivity contribution >= 4 is 11.9 Å². The summed E-state index contributed by atoms with van der Waals surface area (Å²) in [5.41, 5.74) is 6.64. The monoisotopic (exact) mass is 216 g/mol. The second kappa shape index (κ2) is 3.02. The summed E-state index contributed by atoms with van der Waals surface area (Å²) < 4.78 is 1.50. The number of amides is 1. The number of carbonyl (C=O) groups excluding carboxylic acids is 1. The molecule has 0 atom stereocenters. The maximum absolute atomic E-state index is 11.6. The Hall–Kier alpha value is -2.44. The Morgan fingerprint density at radius 1 is 1.44 bits per heavy atom. The zero-order chi connectivity index (χ0) is 11.1. The topological polar surface area (TPSA) is 98.7 Å². The molecule has 0 aliphatic carbocycles. The molecule has 3 N–H and O–H groups in total. The highest BCUT2D eigenvalue weighted by atomic mass is 16.2. The molecule has 0 bridgehead atoms. The molecule has 0 saturated heterocycles. The van der Waals surface area contributed by atoms with E-state index in [4.69, 9.17) is 5.73 Å². The van der Waals surface area contributed by atoms with E-state index in [2.05, 4.69) is 20.4 Å². The van der Waals surface area contributed by atoms with Crippen LogP contribution in [-0.2, 0) is 6.54 Å². The number of hydrogen-bond acceptors (Lipinski definition) is 5. The number of fused-ring (bicyclic) bond motifs is 1. The number of nitrogens with one attached hydrogen (secondary N) is 1. The number of nitrogens with two attached hydrogens (primary N) is 1. The van der Waals surface area contributed by atoms with Crippen LogP contribution in [0.3, 0.4) is 0 Å². The summed E-state index contributed by atoms with van der Waals surface area (Å²) in [5.74, 6) is 0.365. The summed E-state index contributed by atoms with van der Waals surface area (Å²) in [5, 5.41) is 6.71. The smallest absolute Gasteiger partial charge is 0.257 e. The number of hydrogen-bond donors (Lipinski definition) is 2. The lowest BCUT2D eigenvalue weighted by atomic mass is 10.2. The SMILES string of the molecule is Nc1nc2c(c(-n3cccn3)n1)C(=O)NC2. The lowest BCUT2D eigenvalue weighted by molar-refractivity contribution is 0.0965. The highest BCUT2D eigenvalue weighted by molar-refractivity contribution is 6.00. The van der Waals surface area contributed by atoms with Crippen LogP contribution in [0.2, 0.25) is 0 Å². The molecule has 0 radical (unpaired) electrons. The van der Waals surface area contributed by atoms with E-state index in [0.717, 1.165) is 0 Å². The third-order valence-corrected chi connectivity index (χ3v) is 2.35. The van der Waals surface area contributed by atoms with E-state index < -0.39 is 0 Å². The fourth-order valence-electron chi connectivity index (χ4n) is 1.69. The molecule has 16 heavy (non-hydrogen) atoms. The van der Waals surface area contributed by atoms with Crippen LogP contribution in [0.5, 0.6) is 0 Å². The van der Waals surface area contributed by atoms with Crippen LogP contribution in [0.25, 0.3) is 5.82 Å². The van der Waals surface area contributed by atoms with Gasteiger partial charge in [0, 0.05) is 12.4 Å². The van der Waals surface area contributed by atoms with Gasteiger partial charge in [0.05, 0.1) is 12.2 Å². The minimum absolute atomic E-state index is 0.140. The molecule has 0 unspecified atom stereocenters. The Balaban J connectivity index is 2.29. The Labute approximate surface area is 90.3 Å². The molecule has 1 aliphatic rings. The van der Waals surface area contributed by atoms with E-state index in [1.807, 2.05) is 0 Å². The Morgan fingerprint density at radius 3 is 3.06 bits per heavy atom. The third-order valence-electron chi connectivity index (χ3n) is 2.35. The van der Waals surface area contributed by atoms with E-state index >= 15 is 0 Å². The van der Waals surface area contributed by atoms with Gasteiger partial charge in [0.1, 0.15) is 5.56 Å². The molecule has 2 aromatic rings. The second-order valence-electron chi connectivity index (χ2n) is 3.36. The molecule has 0 spiro atoms. The summed E-state index contributed by atoms with van der Waals surface area (Å²) in [6, 6.07) is 1.75. The Kier molecular flexibility index (Phi) is 1.67. The van der Waals surface area contributed by atoms with Crippen molar-refractivity contribution in [3.05, 3.63) is 29.7 Å². The number of carbonyl (C=O) groups is 1. The number of nitrogen functional groups attached to an aromatic ring is 1. The van der Waals surface area contributed by atoms with Crippen LogP contribution in [-0.4, -0.2) is 25.7 Å². The first-order chi connectivity index (χ1) is 7.75. The van der Waals surface area contributed by atoms with E-state index in [9.17, 15) is 4.79 Å². The molecule has 0 aromatic carbocycles. The molecule has 7 heteroatoms. The van der Waals surface area contributed by atoms with Gasteiger partial charge in [0.25, 0.3) is 5.91 Å². The maximum atomic E-state index is 11.6. The van der Waals surface area contributed by atoms with Crippen molar-refractivity contribution in [3.63, 3.8) is 0 Å². The van der Waals surface area contributed by atoms with E-state index in [0.29, 0.717) is 23.6 Å². The van der Waals surface area contributed by atoms with Crippen molar-refractivity contribution in [3.8, 4) is 5.82 Å². The number of aromatic nitrogens is 4. The van der Waals surface area contributed by atoms with Gasteiger partial charge in [-0.05, 0) is 6.07 Å². The standard InChI is InChI=1S/C9H8N6O/c10-9-13-5-4-11-8(16)6(5)7(14-9)15-3-1-2-12-15/h1-3H,4H2,(H,11,16)(H2,10,13,14). The van der Waals surface area contributed by atoms with Gasteiger partial charge in [-0.3, -0.25) is 4.79 Å². The van der Waals surface area contributed by atoms with Crippen molar-refractivity contribution in [1.82, 2.24) is 25.1 Å². The van der Waals surface area contributed by atoms with Gasteiger partial charge in [-0.25, -0.2) is 9.67 Å². The molecule has 3 rings (SSSR count). The Bertz CT molecular complexity index is 562. The van der Waals surface area contributed by atoms with Crippen LogP contribution in [0, 0.1) is 0 Å². The molecular weight excluding hydrogens is 208 g/mol. The average molecular weight is 216 g/mol. The minimum atomic E-state index is -0.194. The van der Waals surface area contributed by atoms with Crippen molar-refractivity contribution in [2.45, 2.75) is 6.54 Å². The highest BCUT2D eigenvalue weighted by Gasteiger charge is 2.26. The number of rotatable bonds is 1. The van der Waals surface area contributed by atoms with Crippen LogP contribution in [0.1, 0.15) is 16.1 Å². The molecule has 0 saturated carbocycles. The normalized spacial score (nSPS) is 13.6. The predicted molar refractivity (Wildman–Crippen MR) is 54.7 cm³/mol. The van der Waals surface area contributed by atoms with Gasteiger partial charge < -0.3 is 11.1 Å². The maximum Gasteiger partial charge on any atom is 0.257 e. The molecule has 1 aliphatic heterocycles. The van der Waals surface area contributed by atoms with Crippen molar-refractivity contribution in [2.75, 3.05) is 5.73 Å². The average Bonchev–Trinajstić information content (AvgIpc) is 2.87. The lowest BCUT2D eigenvalue weighted by Gasteiger charge is -2.05. The van der Waals surface area contributed by atoms with E-state index in [-0.39, 0.29) is 11.9 Å². The first-order valence-corrected chi connectivity index (χ1v) is 4.70. The summed E-state index contributed by atoms with van der Waals surface area (Å²) in [6.07, 6.45) is 3.31. The fraction of sp³-hybridized carbons (Fsp3) is 0.111. The largest absolute Gasteiger partial charge is 0.368 e. The molecule has 3 heterocycles. The first-order valence-electron chi connectivity index (χ1n) is 4.70. The van der Waals surface area contributed by atoms with Gasteiger partial charge in [-0.1, -0.05) is 0 Å². The van der Waals surface area contributed by atoms with E-state index in [1.54, 1.807) is 18.5 Å². The van der Waals surface area contributed by atoms with Crippen LogP contribution >= 0.6 is 0 Å². The zero-order valence-electron chi connectivity index (χ0n) is 8.21. The number of anilines is 1. The quantitative estimate of drug-likeness (QED) is 0.668. The van der Waals surface area contributed by atoms with Crippen LogP contribution in [0.15, 0.2) is 18.5 Å². The summed E-state index contributed by atoms with van der Waals surface area (Å²) in [6.45, 7) is 0.384. The first kappa shape index (κ1) is 8.84. The Morgan fingerprint density at radius 2 is 2.31 bits per heavy atom. The third kappa shape index (κ3) is 1.14. The van der Waals surface area contributed by atoms with Gasteiger partial charge in [-0.2, -0.15) is 10.1 Å². The molecule has 80 valence electrons. The molecule has 1 amide bonds. The van der Waals surface area contributed by atoms with E-state index in [1.165, 1.54) is 4.68 Å². The lowest BCUT2D eigenvalue weighted by Crippen LogP contribution is -2.15. The summed E-state index contributed by atoms with van der Waals surface area (Å²) in [4.78, 5) is 19.7. The molecule has 0 fully saturated rings. The van der Waals surface area contributed by atoms with Gasteiger partial charge in [0.15, 0.2) is 5.82 Å². The van der Waals surface area contributed by atoms with Crippen LogP contribution in [0.4, 0.5) is 5.95 Å². The zero-order valence-corrected chi connectivity index (χ0v) is 8.21. The minimum Gasteiger partial charge on any atom is -0.368 e. The van der Waals surface area contributed by atoms with Gasteiger partial charge in [0.2, 0.25) is 5.95 Å². The predicted octanol–water partition coefficient (Wildman–Crippen LogP) is -0.512.